The first-order chi connectivity index (χ1) is 10.0. The van der Waals surface area contributed by atoms with Crippen LogP contribution in [0.15, 0.2) is 41.5 Å². The number of hydrogen-bond acceptors (Lipinski definition) is 4. The van der Waals surface area contributed by atoms with Gasteiger partial charge in [0, 0.05) is 16.6 Å². The third kappa shape index (κ3) is 3.33. The predicted molar refractivity (Wildman–Crippen MR) is 84.4 cm³/mol. The number of benzene rings is 2. The highest BCUT2D eigenvalue weighted by atomic mass is 32.2. The van der Waals surface area contributed by atoms with Crippen molar-refractivity contribution in [3.63, 3.8) is 0 Å². The molecule has 2 aromatic carbocycles. The van der Waals surface area contributed by atoms with E-state index in [1.54, 1.807) is 12.1 Å². The highest BCUT2D eigenvalue weighted by Gasteiger charge is 2.18. The van der Waals surface area contributed by atoms with Crippen LogP contribution in [0.25, 0.3) is 21.2 Å². The number of rotatable bonds is 5. The van der Waals surface area contributed by atoms with Crippen molar-refractivity contribution < 1.29 is 8.42 Å². The number of fused-ring (bicyclic) bond motifs is 1. The summed E-state index contributed by atoms with van der Waals surface area (Å²) >= 11 is 0. The quantitative estimate of drug-likeness (QED) is 0.399. The molecule has 0 amide bonds. The van der Waals surface area contributed by atoms with E-state index in [1.807, 2.05) is 43.3 Å². The van der Waals surface area contributed by atoms with E-state index in [-0.39, 0.29) is 11.8 Å². The monoisotopic (exact) mass is 304 g/mol. The molecule has 21 heavy (non-hydrogen) atoms. The Morgan fingerprint density at radius 1 is 1.19 bits per heavy atom. The molecule has 0 aliphatic heterocycles. The summed E-state index contributed by atoms with van der Waals surface area (Å²) in [7, 11) is 1.20. The van der Waals surface area contributed by atoms with Crippen molar-refractivity contribution in [3.8, 4) is 0 Å². The fraction of sp³-hybridized carbons (Fsp3) is 0.286. The molecular formula is C14H16N4O2S. The third-order valence-corrected chi connectivity index (χ3v) is 4.03. The molecule has 0 bridgehead atoms. The van der Waals surface area contributed by atoms with Gasteiger partial charge in [0.25, 0.3) is 0 Å². The molecule has 0 saturated carbocycles. The summed E-state index contributed by atoms with van der Waals surface area (Å²) in [5, 5.41) is 5.41. The topological polar surface area (TPSA) is 86.1 Å². The summed E-state index contributed by atoms with van der Waals surface area (Å²) < 4.78 is 22.3. The lowest BCUT2D eigenvalue weighted by Gasteiger charge is -2.24. The van der Waals surface area contributed by atoms with Gasteiger partial charge < -0.3 is 4.90 Å². The SMILES string of the molecule is CN(C)C(C[SH](=O)=O)c1cccc2c(N=[N+]=[N-])cccc12. The molecule has 1 atom stereocenters. The van der Waals surface area contributed by atoms with Gasteiger partial charge in [-0.3, -0.25) is 0 Å². The first-order valence-electron chi connectivity index (χ1n) is 6.39. The zero-order valence-corrected chi connectivity index (χ0v) is 12.7. The van der Waals surface area contributed by atoms with Gasteiger partial charge in [0.05, 0.1) is 5.75 Å². The van der Waals surface area contributed by atoms with Gasteiger partial charge in [-0.05, 0) is 36.0 Å². The highest BCUT2D eigenvalue weighted by Crippen LogP contribution is 2.32. The zero-order valence-electron chi connectivity index (χ0n) is 11.8. The fourth-order valence-corrected chi connectivity index (χ4v) is 3.23. The lowest BCUT2D eigenvalue weighted by Crippen LogP contribution is -2.24. The van der Waals surface area contributed by atoms with Gasteiger partial charge in [0.15, 0.2) is 0 Å². The van der Waals surface area contributed by atoms with Crippen molar-refractivity contribution in [2.45, 2.75) is 6.04 Å². The van der Waals surface area contributed by atoms with E-state index < -0.39 is 10.7 Å². The Balaban J connectivity index is 2.68. The van der Waals surface area contributed by atoms with E-state index in [1.165, 1.54) is 0 Å². The van der Waals surface area contributed by atoms with Crippen molar-refractivity contribution in [1.82, 2.24) is 4.90 Å². The maximum Gasteiger partial charge on any atom is 0.142 e. The molecular weight excluding hydrogens is 288 g/mol. The summed E-state index contributed by atoms with van der Waals surface area (Å²) in [4.78, 5) is 4.71. The summed E-state index contributed by atoms with van der Waals surface area (Å²) in [6.45, 7) is 0. The van der Waals surface area contributed by atoms with E-state index in [0.29, 0.717) is 5.69 Å². The van der Waals surface area contributed by atoms with Crippen molar-refractivity contribution in [2.75, 3.05) is 19.8 Å². The molecule has 2 rings (SSSR count). The Labute approximate surface area is 124 Å². The Bertz CT molecular complexity index is 772. The van der Waals surface area contributed by atoms with E-state index in [0.717, 1.165) is 16.3 Å². The van der Waals surface area contributed by atoms with Gasteiger partial charge in [-0.1, -0.05) is 41.5 Å². The lowest BCUT2D eigenvalue weighted by molar-refractivity contribution is 0.325. The van der Waals surface area contributed by atoms with Gasteiger partial charge in [-0.25, -0.2) is 8.42 Å². The third-order valence-electron chi connectivity index (χ3n) is 3.39. The van der Waals surface area contributed by atoms with Crippen LogP contribution >= 0.6 is 0 Å². The number of azide groups is 1. The van der Waals surface area contributed by atoms with E-state index in [4.69, 9.17) is 5.53 Å². The van der Waals surface area contributed by atoms with Crippen molar-refractivity contribution in [3.05, 3.63) is 52.4 Å². The Morgan fingerprint density at radius 2 is 1.86 bits per heavy atom. The first-order valence-corrected chi connectivity index (χ1v) is 7.76. The second kappa shape index (κ2) is 6.58. The maximum absolute atomic E-state index is 11.1. The Kier molecular flexibility index (Phi) is 4.80. The minimum absolute atomic E-state index is 0.0488. The molecule has 0 aromatic heterocycles. The summed E-state index contributed by atoms with van der Waals surface area (Å²) in [5.74, 6) is 0.0488. The first kappa shape index (κ1) is 15.3. The van der Waals surface area contributed by atoms with Crippen LogP contribution < -0.4 is 0 Å². The fourth-order valence-electron chi connectivity index (χ4n) is 2.42. The highest BCUT2D eigenvalue weighted by molar-refractivity contribution is 7.72. The molecule has 6 nitrogen and oxygen atoms in total. The number of hydrogen-bond donors (Lipinski definition) is 1. The van der Waals surface area contributed by atoms with Gasteiger partial charge in [-0.2, -0.15) is 0 Å². The average Bonchev–Trinajstić information content (AvgIpc) is 2.44. The van der Waals surface area contributed by atoms with Crippen LogP contribution in [-0.4, -0.2) is 33.2 Å². The van der Waals surface area contributed by atoms with Crippen molar-refractivity contribution in [2.24, 2.45) is 5.11 Å². The number of thiol groups is 1. The Hall–Kier alpha value is -2.08. The van der Waals surface area contributed by atoms with Crippen molar-refractivity contribution in [1.29, 1.82) is 0 Å². The molecule has 0 spiro atoms. The minimum Gasteiger partial charge on any atom is -0.301 e. The zero-order chi connectivity index (χ0) is 15.4. The average molecular weight is 304 g/mol. The lowest BCUT2D eigenvalue weighted by atomic mass is 9.98. The Morgan fingerprint density at radius 3 is 2.48 bits per heavy atom. The van der Waals surface area contributed by atoms with E-state index in [2.05, 4.69) is 10.0 Å². The van der Waals surface area contributed by atoms with Gasteiger partial charge in [-0.15, -0.1) is 0 Å². The molecule has 0 aliphatic rings. The molecule has 110 valence electrons. The molecule has 0 heterocycles. The summed E-state index contributed by atoms with van der Waals surface area (Å²) in [6, 6.07) is 10.8. The van der Waals surface area contributed by atoms with Crippen LogP contribution in [0.1, 0.15) is 11.6 Å². The van der Waals surface area contributed by atoms with Crippen molar-refractivity contribution >= 4 is 27.2 Å². The molecule has 0 radical (unpaired) electrons. The summed E-state index contributed by atoms with van der Waals surface area (Å²) in [6.07, 6.45) is 0. The molecule has 2 aromatic rings. The molecule has 0 fully saturated rings. The second-order valence-electron chi connectivity index (χ2n) is 4.90. The summed E-state index contributed by atoms with van der Waals surface area (Å²) in [5.41, 5.74) is 10.1. The van der Waals surface area contributed by atoms with Gasteiger partial charge in [0.1, 0.15) is 10.7 Å². The molecule has 0 saturated heterocycles. The molecule has 0 aliphatic carbocycles. The van der Waals surface area contributed by atoms with Crippen LogP contribution in [0.4, 0.5) is 5.69 Å². The normalized spacial score (nSPS) is 12.6. The largest absolute Gasteiger partial charge is 0.301 e. The standard InChI is InChI=1S/C14H16N4O2S/c1-18(2)14(9-21(19)20)12-7-3-6-11-10(12)5-4-8-13(11)16-17-15/h3-8,14,21H,9H2,1-2H3. The molecule has 0 N–H and O–H groups in total. The second-order valence-corrected chi connectivity index (χ2v) is 5.93. The van der Waals surface area contributed by atoms with Crippen LogP contribution in [0.5, 0.6) is 0 Å². The molecule has 7 heteroatoms. The van der Waals surface area contributed by atoms with Crippen LogP contribution in [0.2, 0.25) is 0 Å². The van der Waals surface area contributed by atoms with Crippen LogP contribution in [-0.2, 0) is 10.7 Å². The number of nitrogens with zero attached hydrogens (tertiary/aromatic N) is 4. The van der Waals surface area contributed by atoms with E-state index >= 15 is 0 Å². The van der Waals surface area contributed by atoms with Crippen LogP contribution in [0, 0.1) is 0 Å². The van der Waals surface area contributed by atoms with Gasteiger partial charge >= 0.3 is 0 Å². The smallest absolute Gasteiger partial charge is 0.142 e. The predicted octanol–water partition coefficient (Wildman–Crippen LogP) is 3.00. The molecule has 1 unspecified atom stereocenters. The van der Waals surface area contributed by atoms with Crippen LogP contribution in [0.3, 0.4) is 0 Å². The maximum atomic E-state index is 11.1. The van der Waals surface area contributed by atoms with E-state index in [9.17, 15) is 8.42 Å². The van der Waals surface area contributed by atoms with Gasteiger partial charge in [0.2, 0.25) is 0 Å². The minimum atomic E-state index is -2.49.